The largest absolute Gasteiger partial charge is 0.493 e. The van der Waals surface area contributed by atoms with E-state index in [1.54, 1.807) is 19.2 Å². The van der Waals surface area contributed by atoms with Crippen LogP contribution >= 0.6 is 0 Å². The van der Waals surface area contributed by atoms with Gasteiger partial charge in [0.25, 0.3) is 0 Å². The van der Waals surface area contributed by atoms with Crippen molar-refractivity contribution in [3.8, 4) is 28.7 Å². The van der Waals surface area contributed by atoms with Crippen molar-refractivity contribution in [3.05, 3.63) is 41.5 Å². The summed E-state index contributed by atoms with van der Waals surface area (Å²) in [4.78, 5) is 12.6. The highest BCUT2D eigenvalue weighted by molar-refractivity contribution is 5.80. The second-order valence-corrected chi connectivity index (χ2v) is 6.36. The maximum Gasteiger partial charge on any atom is 0.225 e. The second kappa shape index (κ2) is 8.73. The second-order valence-electron chi connectivity index (χ2n) is 6.36. The van der Waals surface area contributed by atoms with Gasteiger partial charge in [-0.05, 0) is 30.7 Å². The van der Waals surface area contributed by atoms with Gasteiger partial charge in [0.15, 0.2) is 23.0 Å². The molecule has 7 heteroatoms. The van der Waals surface area contributed by atoms with E-state index < -0.39 is 0 Å². The fourth-order valence-electron chi connectivity index (χ4n) is 3.18. The lowest BCUT2D eigenvalue weighted by molar-refractivity contribution is -0.121. The molecular formula is C21H25NO6. The molecule has 1 aliphatic rings. The number of hydrogen-bond acceptors (Lipinski definition) is 6. The smallest absolute Gasteiger partial charge is 0.225 e. The van der Waals surface area contributed by atoms with E-state index in [4.69, 9.17) is 23.7 Å². The molecular weight excluding hydrogens is 362 g/mol. The highest BCUT2D eigenvalue weighted by atomic mass is 16.6. The average Bonchev–Trinajstić information content (AvgIpc) is 2.72. The number of benzene rings is 2. The third kappa shape index (κ3) is 4.08. The summed E-state index contributed by atoms with van der Waals surface area (Å²) in [6.07, 6.45) is 0.151. The van der Waals surface area contributed by atoms with Gasteiger partial charge < -0.3 is 29.0 Å². The summed E-state index contributed by atoms with van der Waals surface area (Å²) < 4.78 is 27.3. The minimum Gasteiger partial charge on any atom is -0.493 e. The Hall–Kier alpha value is -3.09. The van der Waals surface area contributed by atoms with Gasteiger partial charge in [0, 0.05) is 5.56 Å². The molecule has 0 radical (unpaired) electrons. The topological polar surface area (TPSA) is 75.3 Å². The minimum absolute atomic E-state index is 0.132. The number of hydrogen-bond donors (Lipinski definition) is 1. The zero-order valence-electron chi connectivity index (χ0n) is 16.5. The Morgan fingerprint density at radius 1 is 1.00 bits per heavy atom. The Kier molecular flexibility index (Phi) is 6.13. The van der Waals surface area contributed by atoms with E-state index in [0.717, 1.165) is 11.3 Å². The number of carbonyl (C=O) groups excluding carboxylic acids is 1. The van der Waals surface area contributed by atoms with Crippen LogP contribution < -0.4 is 29.0 Å². The fraction of sp³-hybridized carbons (Fsp3) is 0.381. The molecule has 0 bridgehead atoms. The number of nitrogens with one attached hydrogen (secondary N) is 1. The Labute approximate surface area is 164 Å². The van der Waals surface area contributed by atoms with Gasteiger partial charge in [-0.25, -0.2) is 0 Å². The summed E-state index contributed by atoms with van der Waals surface area (Å²) in [6, 6.07) is 9.06. The lowest BCUT2D eigenvalue weighted by Crippen LogP contribution is -2.28. The zero-order chi connectivity index (χ0) is 20.1. The Morgan fingerprint density at radius 3 is 2.39 bits per heavy atom. The van der Waals surface area contributed by atoms with Crippen molar-refractivity contribution >= 4 is 5.91 Å². The quantitative estimate of drug-likeness (QED) is 0.787. The first-order valence-electron chi connectivity index (χ1n) is 9.04. The molecule has 1 heterocycles. The van der Waals surface area contributed by atoms with Crippen LogP contribution in [0.25, 0.3) is 0 Å². The van der Waals surface area contributed by atoms with Gasteiger partial charge in [-0.15, -0.1) is 0 Å². The van der Waals surface area contributed by atoms with E-state index in [-0.39, 0.29) is 18.4 Å². The molecule has 1 N–H and O–H groups in total. The van der Waals surface area contributed by atoms with E-state index in [1.807, 2.05) is 25.1 Å². The maximum atomic E-state index is 12.6. The van der Waals surface area contributed by atoms with Crippen LogP contribution in [-0.4, -0.2) is 40.5 Å². The molecule has 0 aromatic heterocycles. The third-order valence-electron chi connectivity index (χ3n) is 4.58. The summed E-state index contributed by atoms with van der Waals surface area (Å²) in [6.45, 7) is 3.00. The van der Waals surface area contributed by atoms with E-state index in [2.05, 4.69) is 5.32 Å². The minimum atomic E-state index is -0.186. The van der Waals surface area contributed by atoms with Crippen LogP contribution in [0, 0.1) is 0 Å². The van der Waals surface area contributed by atoms with E-state index >= 15 is 0 Å². The Bertz CT molecular complexity index is 851. The van der Waals surface area contributed by atoms with Gasteiger partial charge in [0.05, 0.1) is 33.8 Å². The molecule has 0 spiro atoms. The molecule has 1 amide bonds. The predicted molar refractivity (Wildman–Crippen MR) is 104 cm³/mol. The maximum absolute atomic E-state index is 12.6. The van der Waals surface area contributed by atoms with Crippen molar-refractivity contribution in [3.63, 3.8) is 0 Å². The molecule has 0 saturated heterocycles. The highest BCUT2D eigenvalue weighted by Gasteiger charge is 2.20. The van der Waals surface area contributed by atoms with Crippen LogP contribution in [0.2, 0.25) is 0 Å². The van der Waals surface area contributed by atoms with E-state index in [1.165, 1.54) is 14.2 Å². The number of amides is 1. The van der Waals surface area contributed by atoms with Gasteiger partial charge in [-0.2, -0.15) is 0 Å². The van der Waals surface area contributed by atoms with Crippen LogP contribution in [0.4, 0.5) is 0 Å². The Balaban J connectivity index is 1.72. The van der Waals surface area contributed by atoms with Crippen LogP contribution in [0.3, 0.4) is 0 Å². The van der Waals surface area contributed by atoms with Crippen molar-refractivity contribution in [1.29, 1.82) is 0 Å². The fourth-order valence-corrected chi connectivity index (χ4v) is 3.18. The van der Waals surface area contributed by atoms with Gasteiger partial charge in [0.1, 0.15) is 13.2 Å². The molecule has 1 unspecified atom stereocenters. The van der Waals surface area contributed by atoms with Gasteiger partial charge in [0.2, 0.25) is 11.7 Å². The molecule has 150 valence electrons. The van der Waals surface area contributed by atoms with Crippen molar-refractivity contribution in [2.45, 2.75) is 19.4 Å². The van der Waals surface area contributed by atoms with Gasteiger partial charge >= 0.3 is 0 Å². The van der Waals surface area contributed by atoms with Crippen LogP contribution in [0.15, 0.2) is 30.3 Å². The number of carbonyl (C=O) groups is 1. The van der Waals surface area contributed by atoms with Crippen LogP contribution in [0.1, 0.15) is 24.1 Å². The summed E-state index contributed by atoms with van der Waals surface area (Å²) in [5.74, 6) is 2.80. The average molecular weight is 387 g/mol. The Morgan fingerprint density at radius 2 is 1.71 bits per heavy atom. The van der Waals surface area contributed by atoms with Crippen molar-refractivity contribution in [1.82, 2.24) is 5.32 Å². The standard InChI is InChI=1S/C21H25NO6/c1-13(14-5-7-16-18(11-14)28-10-9-27-16)22-19(23)12-15-6-8-17(24-2)21(26-4)20(15)25-3/h5-8,11,13H,9-10,12H2,1-4H3,(H,22,23). The van der Waals surface area contributed by atoms with Crippen molar-refractivity contribution in [2.24, 2.45) is 0 Å². The molecule has 28 heavy (non-hydrogen) atoms. The van der Waals surface area contributed by atoms with Gasteiger partial charge in [-0.1, -0.05) is 12.1 Å². The molecule has 0 saturated carbocycles. The monoisotopic (exact) mass is 387 g/mol. The number of methoxy groups -OCH3 is 3. The molecule has 2 aromatic carbocycles. The molecule has 7 nitrogen and oxygen atoms in total. The molecule has 1 atom stereocenters. The van der Waals surface area contributed by atoms with Crippen molar-refractivity contribution < 1.29 is 28.5 Å². The molecule has 0 aliphatic carbocycles. The number of ether oxygens (including phenoxy) is 5. The summed E-state index contributed by atoms with van der Waals surface area (Å²) in [7, 11) is 4.63. The first-order valence-corrected chi connectivity index (χ1v) is 9.04. The molecule has 2 aromatic rings. The summed E-state index contributed by atoms with van der Waals surface area (Å²) >= 11 is 0. The van der Waals surface area contributed by atoms with Crippen molar-refractivity contribution in [2.75, 3.05) is 34.5 Å². The first-order chi connectivity index (χ1) is 13.6. The van der Waals surface area contributed by atoms with E-state index in [0.29, 0.717) is 41.8 Å². The lowest BCUT2D eigenvalue weighted by Gasteiger charge is -2.21. The highest BCUT2D eigenvalue weighted by Crippen LogP contribution is 2.40. The van der Waals surface area contributed by atoms with Crippen LogP contribution in [-0.2, 0) is 11.2 Å². The van der Waals surface area contributed by atoms with Gasteiger partial charge in [-0.3, -0.25) is 4.79 Å². The summed E-state index contributed by atoms with van der Waals surface area (Å²) in [5.41, 5.74) is 1.66. The molecule has 1 aliphatic heterocycles. The third-order valence-corrected chi connectivity index (χ3v) is 4.58. The molecule has 3 rings (SSSR count). The number of rotatable bonds is 7. The number of fused-ring (bicyclic) bond motifs is 1. The lowest BCUT2D eigenvalue weighted by atomic mass is 10.1. The summed E-state index contributed by atoms with van der Waals surface area (Å²) in [5, 5.41) is 3.01. The van der Waals surface area contributed by atoms with E-state index in [9.17, 15) is 4.79 Å². The van der Waals surface area contributed by atoms with Crippen LogP contribution in [0.5, 0.6) is 28.7 Å². The zero-order valence-corrected chi connectivity index (χ0v) is 16.5. The SMILES string of the molecule is COc1ccc(CC(=O)NC(C)c2ccc3c(c2)OCCO3)c(OC)c1OC. The first kappa shape index (κ1) is 19.7. The normalized spacial score (nSPS) is 13.4. The molecule has 0 fully saturated rings. The predicted octanol–water partition coefficient (Wildman–Crippen LogP) is 2.90.